The van der Waals surface area contributed by atoms with E-state index in [0.29, 0.717) is 16.9 Å². The Balaban J connectivity index is 0.00000208. The molecule has 132 valence electrons. The molecule has 0 bridgehead atoms. The first-order chi connectivity index (χ1) is 11.0. The summed E-state index contributed by atoms with van der Waals surface area (Å²) in [7, 11) is 0. The summed E-state index contributed by atoms with van der Waals surface area (Å²) in [4.78, 5) is 4.22. The molecule has 0 spiro atoms. The first kappa shape index (κ1) is 18.9. The smallest absolute Gasteiger partial charge is 0.216 e. The van der Waals surface area contributed by atoms with Gasteiger partial charge < -0.3 is 16.6 Å². The molecule has 0 saturated heterocycles. The van der Waals surface area contributed by atoms with Crippen LogP contribution in [0.4, 0.5) is 5.95 Å². The Labute approximate surface area is 152 Å². The molecule has 1 aliphatic rings. The van der Waals surface area contributed by atoms with Crippen molar-refractivity contribution in [3.05, 3.63) is 29.3 Å². The van der Waals surface area contributed by atoms with Gasteiger partial charge >= 0.3 is 0 Å². The number of hydrogen-bond acceptors (Lipinski definition) is 5. The quantitative estimate of drug-likeness (QED) is 0.656. The Bertz CT molecular complexity index is 704. The predicted octanol–water partition coefficient (Wildman–Crippen LogP) is 1.90. The number of hydrogen-bond donors (Lipinski definition) is 4. The molecule has 0 amide bonds. The fraction of sp³-hybridized carbons (Fsp3) is 0.500. The summed E-state index contributed by atoms with van der Waals surface area (Å²) >= 11 is 1.64. The summed E-state index contributed by atoms with van der Waals surface area (Å²) in [6.07, 6.45) is 2.87. The van der Waals surface area contributed by atoms with Crippen molar-refractivity contribution < 1.29 is 10.8 Å². The lowest BCUT2D eigenvalue weighted by molar-refractivity contribution is -0.439. The molecule has 6 nitrogen and oxygen atoms in total. The number of thioether (sulfide) groups is 1. The summed E-state index contributed by atoms with van der Waals surface area (Å²) in [5.41, 5.74) is 12.6. The average Bonchev–Trinajstić information content (AvgIpc) is 2.95. The van der Waals surface area contributed by atoms with Crippen LogP contribution in [0.2, 0.25) is 0 Å². The molecule has 24 heavy (non-hydrogen) atoms. The molecule has 2 unspecified atom stereocenters. The lowest BCUT2D eigenvalue weighted by atomic mass is 9.63. The first-order valence-electron chi connectivity index (χ1n) is 8.00. The van der Waals surface area contributed by atoms with Crippen molar-refractivity contribution in [2.24, 2.45) is 0 Å². The van der Waals surface area contributed by atoms with Gasteiger partial charge in [-0.05, 0) is 42.5 Å². The average molecular weight is 371 g/mol. The maximum Gasteiger partial charge on any atom is 0.216 e. The molecule has 3 rings (SSSR count). The van der Waals surface area contributed by atoms with Gasteiger partial charge in [0.15, 0.2) is 0 Å². The zero-order valence-electron chi connectivity index (χ0n) is 14.0. The molecule has 1 aromatic carbocycles. The fourth-order valence-corrected chi connectivity index (χ4v) is 5.05. The number of rotatable bonds is 4. The Morgan fingerprint density at radius 2 is 2.12 bits per heavy atom. The number of halogens is 1. The number of aromatic nitrogens is 3. The first-order valence-corrected chi connectivity index (χ1v) is 8.88. The maximum atomic E-state index is 9.94. The van der Waals surface area contributed by atoms with E-state index in [0.717, 1.165) is 19.3 Å². The minimum Gasteiger partial charge on any atom is -0.508 e. The molecule has 1 aromatic heterocycles. The lowest BCUT2D eigenvalue weighted by Gasteiger charge is -2.44. The van der Waals surface area contributed by atoms with Crippen LogP contribution < -0.4 is 11.5 Å². The normalized spacial score (nSPS) is 21.8. The molecule has 2 atom stereocenters. The largest absolute Gasteiger partial charge is 0.508 e. The zero-order valence-corrected chi connectivity index (χ0v) is 15.6. The molecular weight excluding hydrogens is 346 g/mol. The molecule has 0 saturated carbocycles. The highest BCUT2D eigenvalue weighted by molar-refractivity contribution is 7.99. The Hall–Kier alpha value is -1.44. The van der Waals surface area contributed by atoms with Crippen molar-refractivity contribution in [2.75, 3.05) is 5.73 Å². The summed E-state index contributed by atoms with van der Waals surface area (Å²) in [6, 6.07) is 5.93. The molecule has 1 heterocycles. The number of phenols is 1. The molecule has 8 heteroatoms. The highest BCUT2D eigenvalue weighted by Gasteiger charge is 2.48. The number of aromatic amines is 1. The Kier molecular flexibility index (Phi) is 5.67. The van der Waals surface area contributed by atoms with Crippen LogP contribution in [-0.2, 0) is 11.8 Å². The number of anilines is 1. The summed E-state index contributed by atoms with van der Waals surface area (Å²) in [5.74, 6) is 0.668. The molecule has 7 N–H and O–H groups in total. The second-order valence-electron chi connectivity index (χ2n) is 6.17. The van der Waals surface area contributed by atoms with Crippen LogP contribution in [-0.4, -0.2) is 31.6 Å². The van der Waals surface area contributed by atoms with Crippen molar-refractivity contribution in [3.63, 3.8) is 0 Å². The number of nitrogens with one attached hydrogen (secondary N) is 1. The van der Waals surface area contributed by atoms with Gasteiger partial charge in [0.05, 0.1) is 5.25 Å². The summed E-state index contributed by atoms with van der Waals surface area (Å²) in [5, 5.41) is 17.7. The van der Waals surface area contributed by atoms with E-state index < -0.39 is 0 Å². The summed E-state index contributed by atoms with van der Waals surface area (Å²) in [6.45, 7) is 4.40. The third-order valence-electron chi connectivity index (χ3n) is 5.21. The zero-order chi connectivity index (χ0) is 16.6. The highest BCUT2D eigenvalue weighted by atomic mass is 35.5. The number of phenolic OH excluding ortho intramolecular Hbond substituents is 1. The van der Waals surface area contributed by atoms with E-state index in [1.165, 1.54) is 11.1 Å². The van der Waals surface area contributed by atoms with Crippen LogP contribution in [0.3, 0.4) is 0 Å². The molecule has 1 aliphatic carbocycles. The maximum absolute atomic E-state index is 9.94. The van der Waals surface area contributed by atoms with E-state index >= 15 is 0 Å². The third kappa shape index (κ3) is 3.08. The summed E-state index contributed by atoms with van der Waals surface area (Å²) < 4.78 is 0. The monoisotopic (exact) mass is 370 g/mol. The van der Waals surface area contributed by atoms with Crippen LogP contribution in [0.5, 0.6) is 5.75 Å². The number of benzene rings is 1. The van der Waals surface area contributed by atoms with Crippen LogP contribution in [0, 0.1) is 0 Å². The number of nitrogens with zero attached hydrogens (tertiary/aromatic N) is 2. The molecule has 0 aliphatic heterocycles. The number of quaternary nitrogens is 1. The van der Waals surface area contributed by atoms with Crippen LogP contribution in [0.15, 0.2) is 23.4 Å². The van der Waals surface area contributed by atoms with Crippen molar-refractivity contribution in [1.82, 2.24) is 15.2 Å². The van der Waals surface area contributed by atoms with Gasteiger partial charge in [0.2, 0.25) is 11.1 Å². The van der Waals surface area contributed by atoms with Gasteiger partial charge in [-0.2, -0.15) is 4.98 Å². The topological polar surface area (TPSA) is 115 Å². The second-order valence-corrected chi connectivity index (χ2v) is 7.38. The molecule has 0 fully saturated rings. The molecule has 2 aromatic rings. The van der Waals surface area contributed by atoms with Crippen molar-refractivity contribution in [1.29, 1.82) is 0 Å². The van der Waals surface area contributed by atoms with E-state index in [4.69, 9.17) is 5.73 Å². The number of nitrogen functional groups attached to an aromatic ring is 1. The van der Waals surface area contributed by atoms with E-state index in [1.54, 1.807) is 17.8 Å². The van der Waals surface area contributed by atoms with E-state index in [9.17, 15) is 5.11 Å². The van der Waals surface area contributed by atoms with Crippen LogP contribution in [0.1, 0.15) is 37.8 Å². The van der Waals surface area contributed by atoms with E-state index in [-0.39, 0.29) is 29.1 Å². The van der Waals surface area contributed by atoms with Gasteiger partial charge in [0.25, 0.3) is 0 Å². The minimum atomic E-state index is -0.0359. The number of nitrogens with two attached hydrogens (primary N) is 1. The van der Waals surface area contributed by atoms with E-state index in [2.05, 4.69) is 34.8 Å². The van der Waals surface area contributed by atoms with Crippen LogP contribution in [0.25, 0.3) is 0 Å². The standard InChI is InChI=1S/C16H23N5OS.ClH/c1-3-16(4-2)11-8-10(22)6-5-9(11)7-12(13(16)17)23-15-19-14(18)20-21-15;/h5-6,8,12-13,22H,3-4,7,17H2,1-2H3,(H3,18,19,20,21);1H/p+1. The van der Waals surface area contributed by atoms with Crippen LogP contribution >= 0.6 is 24.2 Å². The number of fused-ring (bicyclic) bond motifs is 1. The highest BCUT2D eigenvalue weighted by Crippen LogP contribution is 2.46. The Morgan fingerprint density at radius 1 is 1.42 bits per heavy atom. The van der Waals surface area contributed by atoms with Crippen molar-refractivity contribution in [2.45, 2.75) is 55.0 Å². The minimum absolute atomic E-state index is 0. The van der Waals surface area contributed by atoms with E-state index in [1.807, 2.05) is 12.1 Å². The molecular formula is C16H25ClN5OS+. The van der Waals surface area contributed by atoms with Crippen molar-refractivity contribution >= 4 is 30.1 Å². The SMILES string of the molecule is CCC1(CC)c2cc(O)ccc2CC(Sc2n[nH]c(N)n2)C1[NH3+].Cl. The number of aromatic hydroxyl groups is 1. The molecule has 0 radical (unpaired) electrons. The second kappa shape index (κ2) is 7.21. The Morgan fingerprint density at radius 3 is 2.71 bits per heavy atom. The van der Waals surface area contributed by atoms with Crippen molar-refractivity contribution in [3.8, 4) is 5.75 Å². The van der Waals surface area contributed by atoms with Gasteiger partial charge in [-0.15, -0.1) is 17.5 Å². The number of H-pyrrole nitrogens is 1. The van der Waals surface area contributed by atoms with Gasteiger partial charge in [-0.25, -0.2) is 5.10 Å². The van der Waals surface area contributed by atoms with Gasteiger partial charge in [-0.3, -0.25) is 0 Å². The fourth-order valence-electron chi connectivity index (χ4n) is 3.85. The van der Waals surface area contributed by atoms with Gasteiger partial charge in [0.1, 0.15) is 11.8 Å². The third-order valence-corrected chi connectivity index (χ3v) is 6.40. The lowest BCUT2D eigenvalue weighted by Crippen LogP contribution is -2.75. The van der Waals surface area contributed by atoms with Gasteiger partial charge in [0, 0.05) is 5.41 Å². The predicted molar refractivity (Wildman–Crippen MR) is 98.4 cm³/mol. The van der Waals surface area contributed by atoms with Gasteiger partial charge in [-0.1, -0.05) is 31.7 Å².